The molecule has 0 aliphatic heterocycles. The van der Waals surface area contributed by atoms with Crippen molar-refractivity contribution in [1.82, 2.24) is 4.90 Å². The van der Waals surface area contributed by atoms with Crippen LogP contribution in [-0.2, 0) is 4.79 Å². The molecule has 1 amide bonds. The van der Waals surface area contributed by atoms with Gasteiger partial charge in [0.15, 0.2) is 0 Å². The van der Waals surface area contributed by atoms with Crippen molar-refractivity contribution in [2.24, 2.45) is 0 Å². The first kappa shape index (κ1) is 16.2. The molecule has 0 bridgehead atoms. The third-order valence-electron chi connectivity index (χ3n) is 2.76. The zero-order valence-corrected chi connectivity index (χ0v) is 11.5. The van der Waals surface area contributed by atoms with Gasteiger partial charge in [0.2, 0.25) is 5.91 Å². The Labute approximate surface area is 123 Å². The van der Waals surface area contributed by atoms with Crippen LogP contribution < -0.4 is 5.32 Å². The van der Waals surface area contributed by atoms with Gasteiger partial charge in [0, 0.05) is 18.7 Å². The van der Waals surface area contributed by atoms with Gasteiger partial charge in [-0.1, -0.05) is 0 Å². The van der Waals surface area contributed by atoms with Gasteiger partial charge in [-0.2, -0.15) is 15.8 Å². The summed E-state index contributed by atoms with van der Waals surface area (Å²) in [4.78, 5) is 13.4. The van der Waals surface area contributed by atoms with Crippen molar-refractivity contribution in [2.75, 3.05) is 25.0 Å². The Morgan fingerprint density at radius 3 is 2.24 bits per heavy atom. The number of nitrogens with one attached hydrogen (secondary N) is 1. The summed E-state index contributed by atoms with van der Waals surface area (Å²) in [7, 11) is 0. The van der Waals surface area contributed by atoms with Gasteiger partial charge < -0.3 is 5.32 Å². The third kappa shape index (κ3) is 6.20. The lowest BCUT2D eigenvalue weighted by Gasteiger charge is -2.14. The molecule has 0 spiro atoms. The molecule has 1 rings (SSSR count). The quantitative estimate of drug-likeness (QED) is 0.765. The summed E-state index contributed by atoms with van der Waals surface area (Å²) < 4.78 is 0. The summed E-state index contributed by atoms with van der Waals surface area (Å²) in [5.41, 5.74) is 1.18. The second kappa shape index (κ2) is 9.09. The molecule has 1 aromatic rings. The number of carbonyl (C=O) groups excluding carboxylic acids is 1. The summed E-state index contributed by atoms with van der Waals surface area (Å²) in [6.07, 6.45) is 0.888. The highest BCUT2D eigenvalue weighted by Crippen LogP contribution is 2.09. The van der Waals surface area contributed by atoms with Crippen LogP contribution in [0.25, 0.3) is 0 Å². The second-order valence-electron chi connectivity index (χ2n) is 4.37. The molecule has 0 saturated heterocycles. The number of nitrogens with zero attached hydrogens (tertiary/aromatic N) is 4. The lowest BCUT2D eigenvalue weighted by Crippen LogP contribution is -2.26. The minimum atomic E-state index is -0.131. The maximum absolute atomic E-state index is 11.7. The van der Waals surface area contributed by atoms with Gasteiger partial charge in [-0.15, -0.1) is 0 Å². The molecular weight excluding hydrogens is 266 g/mol. The van der Waals surface area contributed by atoms with E-state index in [2.05, 4.69) is 5.32 Å². The highest BCUT2D eigenvalue weighted by molar-refractivity contribution is 5.90. The number of hydrogen-bond acceptors (Lipinski definition) is 5. The lowest BCUT2D eigenvalue weighted by molar-refractivity contribution is -0.116. The van der Waals surface area contributed by atoms with Crippen LogP contribution in [0, 0.1) is 34.0 Å². The molecule has 1 N–H and O–H groups in total. The van der Waals surface area contributed by atoms with Crippen LogP contribution >= 0.6 is 0 Å². The van der Waals surface area contributed by atoms with E-state index < -0.39 is 0 Å². The molecule has 0 unspecified atom stereocenters. The molecule has 21 heavy (non-hydrogen) atoms. The highest BCUT2D eigenvalue weighted by atomic mass is 16.1. The van der Waals surface area contributed by atoms with E-state index in [0.29, 0.717) is 30.6 Å². The molecule has 6 heteroatoms. The Morgan fingerprint density at radius 1 is 1.10 bits per heavy atom. The SMILES string of the molecule is N#CCN(CC#N)CCCC(=O)Nc1ccc(C#N)cc1. The van der Waals surface area contributed by atoms with Crippen LogP contribution in [0.2, 0.25) is 0 Å². The first-order valence-corrected chi connectivity index (χ1v) is 6.46. The molecule has 0 aliphatic rings. The van der Waals surface area contributed by atoms with Crippen molar-refractivity contribution < 1.29 is 4.79 Å². The van der Waals surface area contributed by atoms with Gasteiger partial charge in [-0.25, -0.2) is 0 Å². The van der Waals surface area contributed by atoms with Gasteiger partial charge in [-0.3, -0.25) is 9.69 Å². The number of amides is 1. The maximum Gasteiger partial charge on any atom is 0.224 e. The van der Waals surface area contributed by atoms with Crippen molar-refractivity contribution in [2.45, 2.75) is 12.8 Å². The summed E-state index contributed by atoms with van der Waals surface area (Å²) in [5, 5.41) is 28.6. The number of nitriles is 3. The standard InChI is InChI=1S/C15H15N5O/c16-7-10-20(11-8-17)9-1-2-15(21)19-14-5-3-13(12-18)4-6-14/h3-6H,1-2,9-11H2,(H,19,21). The molecule has 0 radical (unpaired) electrons. The Hall–Kier alpha value is -2.88. The molecule has 0 fully saturated rings. The van der Waals surface area contributed by atoms with Crippen molar-refractivity contribution in [3.63, 3.8) is 0 Å². The summed E-state index contributed by atoms with van der Waals surface area (Å²) in [6, 6.07) is 12.6. The van der Waals surface area contributed by atoms with E-state index in [4.69, 9.17) is 15.8 Å². The minimum Gasteiger partial charge on any atom is -0.326 e. The number of benzene rings is 1. The zero-order chi connectivity index (χ0) is 15.5. The maximum atomic E-state index is 11.7. The lowest BCUT2D eigenvalue weighted by atomic mass is 10.2. The average Bonchev–Trinajstić information content (AvgIpc) is 2.48. The molecule has 0 aromatic heterocycles. The van der Waals surface area contributed by atoms with Crippen molar-refractivity contribution in [3.8, 4) is 18.2 Å². The van der Waals surface area contributed by atoms with Gasteiger partial charge in [0.05, 0.1) is 36.9 Å². The summed E-state index contributed by atoms with van der Waals surface area (Å²) >= 11 is 0. The third-order valence-corrected chi connectivity index (χ3v) is 2.76. The Kier molecular flexibility index (Phi) is 7.00. The normalized spacial score (nSPS) is 9.43. The fraction of sp³-hybridized carbons (Fsp3) is 0.333. The van der Waals surface area contributed by atoms with Crippen LogP contribution in [0.5, 0.6) is 0 Å². The highest BCUT2D eigenvalue weighted by Gasteiger charge is 2.06. The van der Waals surface area contributed by atoms with E-state index >= 15 is 0 Å². The van der Waals surface area contributed by atoms with Crippen molar-refractivity contribution >= 4 is 11.6 Å². The van der Waals surface area contributed by atoms with Crippen LogP contribution in [0.4, 0.5) is 5.69 Å². The molecule has 0 heterocycles. The van der Waals surface area contributed by atoms with E-state index in [1.165, 1.54) is 0 Å². The Bertz CT molecular complexity index is 572. The van der Waals surface area contributed by atoms with Crippen LogP contribution in [-0.4, -0.2) is 30.4 Å². The van der Waals surface area contributed by atoms with Crippen LogP contribution in [0.15, 0.2) is 24.3 Å². The number of carbonyl (C=O) groups is 1. The molecule has 1 aromatic carbocycles. The van der Waals surface area contributed by atoms with Crippen molar-refractivity contribution in [1.29, 1.82) is 15.8 Å². The topological polar surface area (TPSA) is 104 Å². The predicted octanol–water partition coefficient (Wildman–Crippen LogP) is 1.63. The molecule has 6 nitrogen and oxygen atoms in total. The van der Waals surface area contributed by atoms with Crippen LogP contribution in [0.3, 0.4) is 0 Å². The molecule has 0 saturated carbocycles. The van der Waals surface area contributed by atoms with E-state index in [-0.39, 0.29) is 19.0 Å². The number of anilines is 1. The van der Waals surface area contributed by atoms with Gasteiger partial charge >= 0.3 is 0 Å². The van der Waals surface area contributed by atoms with Crippen LogP contribution in [0.1, 0.15) is 18.4 Å². The number of hydrogen-bond donors (Lipinski definition) is 1. The summed E-state index contributed by atoms with van der Waals surface area (Å²) in [5.74, 6) is -0.131. The first-order chi connectivity index (χ1) is 10.2. The van der Waals surface area contributed by atoms with E-state index in [0.717, 1.165) is 0 Å². The monoisotopic (exact) mass is 281 g/mol. The van der Waals surface area contributed by atoms with Gasteiger partial charge in [-0.05, 0) is 30.7 Å². The molecule has 0 aliphatic carbocycles. The van der Waals surface area contributed by atoms with Gasteiger partial charge in [0.1, 0.15) is 0 Å². The zero-order valence-electron chi connectivity index (χ0n) is 11.5. The van der Waals surface area contributed by atoms with E-state index in [1.54, 1.807) is 29.2 Å². The smallest absolute Gasteiger partial charge is 0.224 e. The molecule has 106 valence electrons. The fourth-order valence-corrected chi connectivity index (χ4v) is 1.73. The Morgan fingerprint density at radius 2 is 1.71 bits per heavy atom. The average molecular weight is 281 g/mol. The largest absolute Gasteiger partial charge is 0.326 e. The van der Waals surface area contributed by atoms with E-state index in [9.17, 15) is 4.79 Å². The first-order valence-electron chi connectivity index (χ1n) is 6.46. The molecular formula is C15H15N5O. The van der Waals surface area contributed by atoms with Crippen molar-refractivity contribution in [3.05, 3.63) is 29.8 Å². The van der Waals surface area contributed by atoms with Gasteiger partial charge in [0.25, 0.3) is 0 Å². The minimum absolute atomic E-state index is 0.131. The second-order valence-corrected chi connectivity index (χ2v) is 4.37. The van der Waals surface area contributed by atoms with E-state index in [1.807, 2.05) is 18.2 Å². The molecule has 0 atom stereocenters. The fourth-order valence-electron chi connectivity index (χ4n) is 1.73. The number of rotatable bonds is 7. The summed E-state index contributed by atoms with van der Waals surface area (Å²) in [6.45, 7) is 0.900. The predicted molar refractivity (Wildman–Crippen MR) is 76.7 cm³/mol. The Balaban J connectivity index is 2.35.